The molecule has 7 nitrogen and oxygen atoms in total. The van der Waals surface area contributed by atoms with Gasteiger partial charge in [-0.2, -0.15) is 4.31 Å². The zero-order valence-electron chi connectivity index (χ0n) is 12.5. The van der Waals surface area contributed by atoms with Crippen molar-refractivity contribution >= 4 is 15.9 Å². The number of nitrogens with one attached hydrogen (secondary N) is 1. The first-order chi connectivity index (χ1) is 9.89. The first-order valence-electron chi connectivity index (χ1n) is 7.44. The third kappa shape index (κ3) is 3.56. The molecule has 2 N–H and O–H groups in total. The van der Waals surface area contributed by atoms with Crippen LogP contribution in [0.5, 0.6) is 0 Å². The molecule has 0 bridgehead atoms. The summed E-state index contributed by atoms with van der Waals surface area (Å²) >= 11 is 0. The van der Waals surface area contributed by atoms with E-state index >= 15 is 0 Å². The number of hydroxylamine groups is 1. The van der Waals surface area contributed by atoms with E-state index in [1.54, 1.807) is 16.7 Å². The van der Waals surface area contributed by atoms with Gasteiger partial charge in [0, 0.05) is 18.5 Å². The van der Waals surface area contributed by atoms with Crippen molar-refractivity contribution in [3.8, 4) is 0 Å². The van der Waals surface area contributed by atoms with Gasteiger partial charge in [-0.25, -0.2) is 13.9 Å². The molecule has 0 aromatic rings. The highest BCUT2D eigenvalue weighted by molar-refractivity contribution is 7.89. The Balaban J connectivity index is 2.11. The third-order valence-electron chi connectivity index (χ3n) is 4.59. The Morgan fingerprint density at radius 2 is 2.14 bits per heavy atom. The number of rotatable bonds is 3. The predicted octanol–water partition coefficient (Wildman–Crippen LogP) is 0.347. The summed E-state index contributed by atoms with van der Waals surface area (Å²) in [5, 5.41) is 8.73. The average molecular weight is 320 g/mol. The summed E-state index contributed by atoms with van der Waals surface area (Å²) in [6.45, 7) is 4.29. The molecule has 0 aromatic heterocycles. The number of amides is 1. The van der Waals surface area contributed by atoms with E-state index < -0.39 is 10.0 Å². The number of fused-ring (bicyclic) bond motifs is 1. The van der Waals surface area contributed by atoms with Crippen molar-refractivity contribution in [2.24, 2.45) is 11.8 Å². The molecule has 1 heterocycles. The van der Waals surface area contributed by atoms with Gasteiger partial charge in [0.1, 0.15) is 0 Å². The summed E-state index contributed by atoms with van der Waals surface area (Å²) in [5.41, 5.74) is 1.70. The second kappa shape index (κ2) is 6.60. The second-order valence-electron chi connectivity index (χ2n) is 5.94. The predicted molar refractivity (Wildman–Crippen MR) is 76.1 cm³/mol. The molecule has 0 aromatic carbocycles. The van der Waals surface area contributed by atoms with Crippen molar-refractivity contribution in [2.45, 2.75) is 45.3 Å². The first-order valence-corrected chi connectivity index (χ1v) is 9.05. The van der Waals surface area contributed by atoms with Gasteiger partial charge in [-0.1, -0.05) is 0 Å². The molecule has 3 unspecified atom stereocenters. The lowest BCUT2D eigenvalue weighted by Gasteiger charge is -2.34. The first kappa shape index (κ1) is 16.7. The average Bonchev–Trinajstić information content (AvgIpc) is 2.65. The minimum absolute atomic E-state index is 0.0876. The number of ether oxygens (including phenoxy) is 1. The summed E-state index contributed by atoms with van der Waals surface area (Å²) < 4.78 is 31.8. The molecule has 4 atom stereocenters. The maximum atomic E-state index is 12.2. The van der Waals surface area contributed by atoms with Crippen LogP contribution in [-0.2, 0) is 19.6 Å². The quantitative estimate of drug-likeness (QED) is 0.578. The van der Waals surface area contributed by atoms with Crippen molar-refractivity contribution < 1.29 is 23.2 Å². The zero-order chi connectivity index (χ0) is 15.6. The lowest BCUT2D eigenvalue weighted by Crippen LogP contribution is -2.44. The highest BCUT2D eigenvalue weighted by Crippen LogP contribution is 2.35. The smallest absolute Gasteiger partial charge is 0.246 e. The fraction of sp³-hybridized carbons (Fsp3) is 0.923. The second-order valence-corrected chi connectivity index (χ2v) is 8.15. The van der Waals surface area contributed by atoms with Crippen LogP contribution in [0.15, 0.2) is 0 Å². The van der Waals surface area contributed by atoms with Crippen molar-refractivity contribution in [3.63, 3.8) is 0 Å². The molecular formula is C13H24N2O5S. The van der Waals surface area contributed by atoms with Crippen LogP contribution < -0.4 is 5.48 Å². The molecule has 122 valence electrons. The molecule has 2 rings (SSSR count). The number of nitrogens with zero attached hydrogens (tertiary/aromatic N) is 1. The molecule has 1 aliphatic heterocycles. The highest BCUT2D eigenvalue weighted by atomic mass is 32.2. The third-order valence-corrected chi connectivity index (χ3v) is 6.54. The highest BCUT2D eigenvalue weighted by Gasteiger charge is 2.40. The molecular weight excluding hydrogens is 296 g/mol. The van der Waals surface area contributed by atoms with Crippen LogP contribution >= 0.6 is 0 Å². The van der Waals surface area contributed by atoms with E-state index in [2.05, 4.69) is 0 Å². The Morgan fingerprint density at radius 1 is 1.43 bits per heavy atom. The summed E-state index contributed by atoms with van der Waals surface area (Å²) in [7, 11) is -3.24. The molecule has 2 aliphatic rings. The van der Waals surface area contributed by atoms with Gasteiger partial charge in [-0.05, 0) is 39.0 Å². The standard InChI is InChI=1S/C13H24N2O5S/c1-3-21(18,19)15-7-11-5-4-10(13(16)14-17)6-12(11)20-8-9(15)2/h9-12,17H,3-8H2,1-2H3,(H,14,16)/t9-,10?,11?,12?/m0/s1. The topological polar surface area (TPSA) is 95.9 Å². The van der Waals surface area contributed by atoms with E-state index in [1.807, 2.05) is 6.92 Å². The van der Waals surface area contributed by atoms with Gasteiger partial charge in [0.2, 0.25) is 15.9 Å². The molecule has 1 saturated heterocycles. The van der Waals surface area contributed by atoms with E-state index in [0.717, 1.165) is 6.42 Å². The zero-order valence-corrected chi connectivity index (χ0v) is 13.3. The normalized spacial score (nSPS) is 34.8. The molecule has 2 fully saturated rings. The van der Waals surface area contributed by atoms with Gasteiger partial charge in [0.25, 0.3) is 0 Å². The van der Waals surface area contributed by atoms with E-state index in [9.17, 15) is 13.2 Å². The van der Waals surface area contributed by atoms with Crippen molar-refractivity contribution in [3.05, 3.63) is 0 Å². The Labute approximate surface area is 125 Å². The Kier molecular flexibility index (Phi) is 5.24. The number of hydrogen-bond acceptors (Lipinski definition) is 5. The number of carbonyl (C=O) groups is 1. The number of carbonyl (C=O) groups excluding carboxylic acids is 1. The SMILES string of the molecule is CCS(=O)(=O)N1CC2CCC(C(=O)NO)CC2OC[C@@H]1C. The number of hydrogen-bond donors (Lipinski definition) is 2. The lowest BCUT2D eigenvalue weighted by molar-refractivity contribution is -0.137. The van der Waals surface area contributed by atoms with Gasteiger partial charge in [0.05, 0.1) is 18.5 Å². The van der Waals surface area contributed by atoms with Gasteiger partial charge < -0.3 is 4.74 Å². The fourth-order valence-corrected chi connectivity index (χ4v) is 4.60. The molecule has 8 heteroatoms. The van der Waals surface area contributed by atoms with Crippen LogP contribution in [0.2, 0.25) is 0 Å². The van der Waals surface area contributed by atoms with E-state index in [0.29, 0.717) is 26.0 Å². The maximum Gasteiger partial charge on any atom is 0.246 e. The van der Waals surface area contributed by atoms with Gasteiger partial charge >= 0.3 is 0 Å². The van der Waals surface area contributed by atoms with E-state index in [-0.39, 0.29) is 35.6 Å². The van der Waals surface area contributed by atoms with Crippen LogP contribution in [0.25, 0.3) is 0 Å². The van der Waals surface area contributed by atoms with Gasteiger partial charge in [0.15, 0.2) is 0 Å². The monoisotopic (exact) mass is 320 g/mol. The Morgan fingerprint density at radius 3 is 2.76 bits per heavy atom. The lowest BCUT2D eigenvalue weighted by atomic mass is 9.79. The van der Waals surface area contributed by atoms with Crippen molar-refractivity contribution in [1.29, 1.82) is 0 Å². The summed E-state index contributed by atoms with van der Waals surface area (Å²) in [6.07, 6.45) is 1.78. The molecule has 0 spiro atoms. The van der Waals surface area contributed by atoms with E-state index in [1.165, 1.54) is 0 Å². The summed E-state index contributed by atoms with van der Waals surface area (Å²) in [6, 6.07) is -0.189. The van der Waals surface area contributed by atoms with Crippen LogP contribution in [-0.4, -0.2) is 54.9 Å². The molecule has 0 radical (unpaired) electrons. The van der Waals surface area contributed by atoms with Crippen molar-refractivity contribution in [2.75, 3.05) is 18.9 Å². The number of sulfonamides is 1. The Bertz CT molecular complexity index is 481. The van der Waals surface area contributed by atoms with Crippen LogP contribution in [0.4, 0.5) is 0 Å². The van der Waals surface area contributed by atoms with Gasteiger partial charge in [-0.3, -0.25) is 10.0 Å². The fourth-order valence-electron chi connectivity index (χ4n) is 3.24. The Hall–Kier alpha value is -0.700. The molecule has 1 amide bonds. The van der Waals surface area contributed by atoms with Crippen LogP contribution in [0, 0.1) is 11.8 Å². The molecule has 21 heavy (non-hydrogen) atoms. The minimum atomic E-state index is -3.24. The largest absolute Gasteiger partial charge is 0.376 e. The molecule has 1 aliphatic carbocycles. The maximum absolute atomic E-state index is 12.2. The summed E-state index contributed by atoms with van der Waals surface area (Å²) in [4.78, 5) is 11.5. The van der Waals surface area contributed by atoms with Gasteiger partial charge in [-0.15, -0.1) is 0 Å². The molecule has 1 saturated carbocycles. The van der Waals surface area contributed by atoms with Crippen LogP contribution in [0.3, 0.4) is 0 Å². The van der Waals surface area contributed by atoms with Crippen molar-refractivity contribution in [1.82, 2.24) is 9.79 Å². The van der Waals surface area contributed by atoms with Crippen LogP contribution in [0.1, 0.15) is 33.1 Å². The van der Waals surface area contributed by atoms with E-state index in [4.69, 9.17) is 9.94 Å². The minimum Gasteiger partial charge on any atom is -0.376 e. The summed E-state index contributed by atoms with van der Waals surface area (Å²) in [5.74, 6) is -0.447.